The molecule has 1 atom stereocenters. The maximum Gasteiger partial charge on any atom is 0.216 e. The average molecular weight is 499 g/mol. The number of rotatable bonds is 6. The summed E-state index contributed by atoms with van der Waals surface area (Å²) >= 11 is 6.50. The van der Waals surface area contributed by atoms with Gasteiger partial charge in [-0.1, -0.05) is 48.0 Å². The molecule has 0 N–H and O–H groups in total. The van der Waals surface area contributed by atoms with Gasteiger partial charge in [0.1, 0.15) is 11.0 Å². The molecule has 2 aromatic carbocycles. The van der Waals surface area contributed by atoms with E-state index >= 15 is 0 Å². The molecular weight excluding hydrogens is 480 g/mol. The molecule has 0 aromatic heterocycles. The van der Waals surface area contributed by atoms with Gasteiger partial charge in [-0.05, 0) is 66.8 Å². The lowest BCUT2D eigenvalue weighted by molar-refractivity contribution is 0.594. The fraction of sp³-hybridized carbons (Fsp3) is 0.167. The van der Waals surface area contributed by atoms with Crippen LogP contribution in [0.1, 0.15) is 19.3 Å². The van der Waals surface area contributed by atoms with Crippen LogP contribution in [-0.4, -0.2) is 22.1 Å². The highest BCUT2D eigenvalue weighted by Gasteiger charge is 2.28. The predicted octanol–water partition coefficient (Wildman–Crippen LogP) is 4.84. The van der Waals surface area contributed by atoms with Gasteiger partial charge in [0.15, 0.2) is 15.1 Å². The molecule has 0 heterocycles. The molecule has 0 radical (unpaired) electrons. The van der Waals surface area contributed by atoms with Gasteiger partial charge in [0, 0.05) is 5.03 Å². The van der Waals surface area contributed by atoms with Gasteiger partial charge in [-0.2, -0.15) is 10.5 Å². The molecule has 6 nitrogen and oxygen atoms in total. The summed E-state index contributed by atoms with van der Waals surface area (Å²) in [5, 5.41) is 17.8. The first-order chi connectivity index (χ1) is 15.7. The highest BCUT2D eigenvalue weighted by atomic mass is 35.5. The van der Waals surface area contributed by atoms with Crippen LogP contribution in [0.2, 0.25) is 0 Å². The number of allylic oxidation sites excluding steroid dienone is 5. The summed E-state index contributed by atoms with van der Waals surface area (Å²) < 4.78 is 51.4. The van der Waals surface area contributed by atoms with Gasteiger partial charge in [-0.3, -0.25) is 0 Å². The van der Waals surface area contributed by atoms with Crippen molar-refractivity contribution in [3.63, 3.8) is 0 Å². The Morgan fingerprint density at radius 1 is 0.909 bits per heavy atom. The quantitative estimate of drug-likeness (QED) is 0.526. The number of hydrogen-bond donors (Lipinski definition) is 0. The molecule has 168 valence electrons. The Bertz CT molecular complexity index is 1430. The van der Waals surface area contributed by atoms with E-state index < -0.39 is 29.8 Å². The van der Waals surface area contributed by atoms with Crippen LogP contribution in [0.5, 0.6) is 0 Å². The SMILES string of the molecule is N#C/C(=C\C1=C(Cl)C(=C/C(C#N)S(=O)(=O)c2ccccc2)/CCC1)S(=O)(=O)c1ccccc1. The molecule has 0 aliphatic heterocycles. The summed E-state index contributed by atoms with van der Waals surface area (Å²) in [5.74, 6) is 0. The minimum absolute atomic E-state index is 0.0143. The van der Waals surface area contributed by atoms with Crippen molar-refractivity contribution in [1.29, 1.82) is 10.5 Å². The van der Waals surface area contributed by atoms with E-state index in [1.807, 2.05) is 6.07 Å². The van der Waals surface area contributed by atoms with Gasteiger partial charge in [0.25, 0.3) is 0 Å². The molecule has 3 rings (SSSR count). The van der Waals surface area contributed by atoms with Crippen LogP contribution in [0.4, 0.5) is 0 Å². The van der Waals surface area contributed by atoms with Gasteiger partial charge in [0.05, 0.1) is 15.9 Å². The zero-order valence-corrected chi connectivity index (χ0v) is 19.7. The maximum atomic E-state index is 12.9. The van der Waals surface area contributed by atoms with Gasteiger partial charge < -0.3 is 0 Å². The van der Waals surface area contributed by atoms with Crippen molar-refractivity contribution < 1.29 is 16.8 Å². The Hall–Kier alpha value is -3.17. The van der Waals surface area contributed by atoms with Crippen LogP contribution in [0.15, 0.2) is 104 Å². The van der Waals surface area contributed by atoms with Gasteiger partial charge in [-0.25, -0.2) is 16.8 Å². The van der Waals surface area contributed by atoms with Gasteiger partial charge in [0.2, 0.25) is 9.84 Å². The third-order valence-corrected chi connectivity index (χ3v) is 9.11. The maximum absolute atomic E-state index is 12.9. The standard InChI is InChI=1S/C24H19ClN2O4S2/c25-24-18(14-22(16-26)32(28,29)20-10-3-1-4-11-20)8-7-9-19(24)15-23(17-27)33(30,31)21-12-5-2-6-13-21/h1-6,10-15,22H,7-9H2/b18-14+,23-15+. The molecule has 1 unspecified atom stereocenters. The summed E-state index contributed by atoms with van der Waals surface area (Å²) in [6.45, 7) is 0. The van der Waals surface area contributed by atoms with Crippen LogP contribution in [0.25, 0.3) is 0 Å². The van der Waals surface area contributed by atoms with E-state index in [4.69, 9.17) is 11.6 Å². The summed E-state index contributed by atoms with van der Waals surface area (Å²) in [7, 11) is -8.00. The first-order valence-electron chi connectivity index (χ1n) is 9.92. The second-order valence-electron chi connectivity index (χ2n) is 7.23. The lowest BCUT2D eigenvalue weighted by Gasteiger charge is -2.18. The van der Waals surface area contributed by atoms with Crippen molar-refractivity contribution in [1.82, 2.24) is 0 Å². The van der Waals surface area contributed by atoms with Crippen molar-refractivity contribution in [2.45, 2.75) is 34.3 Å². The summed E-state index contributed by atoms with van der Waals surface area (Å²) in [4.78, 5) is -0.457. The molecule has 33 heavy (non-hydrogen) atoms. The van der Waals surface area contributed by atoms with Crippen LogP contribution in [-0.2, 0) is 19.7 Å². The second-order valence-corrected chi connectivity index (χ2v) is 11.6. The largest absolute Gasteiger partial charge is 0.222 e. The Balaban J connectivity index is 2.03. The second kappa shape index (κ2) is 10.2. The van der Waals surface area contributed by atoms with Gasteiger partial charge >= 0.3 is 0 Å². The lowest BCUT2D eigenvalue weighted by atomic mass is 9.94. The number of halogens is 1. The van der Waals surface area contributed by atoms with Crippen LogP contribution in [0, 0.1) is 22.7 Å². The zero-order chi connectivity index (χ0) is 24.1. The zero-order valence-electron chi connectivity index (χ0n) is 17.3. The van der Waals surface area contributed by atoms with Crippen LogP contribution in [0.3, 0.4) is 0 Å². The minimum atomic E-state index is -4.04. The fourth-order valence-corrected chi connectivity index (χ4v) is 6.18. The third kappa shape index (κ3) is 5.26. The first-order valence-corrected chi connectivity index (χ1v) is 13.3. The molecule has 0 amide bonds. The van der Waals surface area contributed by atoms with E-state index in [0.29, 0.717) is 30.4 Å². The van der Waals surface area contributed by atoms with Crippen molar-refractivity contribution >= 4 is 31.3 Å². The van der Waals surface area contributed by atoms with Crippen molar-refractivity contribution in [2.24, 2.45) is 0 Å². The van der Waals surface area contributed by atoms with Crippen molar-refractivity contribution in [3.05, 3.63) is 93.9 Å². The van der Waals surface area contributed by atoms with E-state index in [0.717, 1.165) is 0 Å². The summed E-state index contributed by atoms with van der Waals surface area (Å²) in [6.07, 6.45) is 3.92. The summed E-state index contributed by atoms with van der Waals surface area (Å²) in [6, 6.07) is 18.8. The molecule has 1 aliphatic rings. The van der Waals surface area contributed by atoms with E-state index in [1.54, 1.807) is 42.5 Å². The minimum Gasteiger partial charge on any atom is -0.222 e. The number of nitriles is 2. The average Bonchev–Trinajstić information content (AvgIpc) is 2.83. The van der Waals surface area contributed by atoms with Crippen LogP contribution >= 0.6 is 11.6 Å². The number of nitrogens with zero attached hydrogens (tertiary/aromatic N) is 2. The normalized spacial score (nSPS) is 17.3. The Morgan fingerprint density at radius 3 is 2.03 bits per heavy atom. The van der Waals surface area contributed by atoms with Crippen molar-refractivity contribution in [2.75, 3.05) is 0 Å². The molecule has 2 aromatic rings. The Morgan fingerprint density at radius 2 is 1.48 bits per heavy atom. The van der Waals surface area contributed by atoms with Crippen molar-refractivity contribution in [3.8, 4) is 12.1 Å². The Labute approximate surface area is 198 Å². The molecule has 0 fully saturated rings. The highest BCUT2D eigenvalue weighted by molar-refractivity contribution is 7.95. The molecule has 0 saturated carbocycles. The molecule has 0 bridgehead atoms. The number of benzene rings is 2. The van der Waals surface area contributed by atoms with E-state index in [1.165, 1.54) is 36.4 Å². The lowest BCUT2D eigenvalue weighted by Crippen LogP contribution is -2.18. The molecule has 0 spiro atoms. The number of hydrogen-bond acceptors (Lipinski definition) is 6. The Kier molecular flexibility index (Phi) is 7.55. The van der Waals surface area contributed by atoms with Gasteiger partial charge in [-0.15, -0.1) is 0 Å². The number of sulfone groups is 2. The van der Waals surface area contributed by atoms with Crippen LogP contribution < -0.4 is 0 Å². The molecule has 0 saturated heterocycles. The predicted molar refractivity (Wildman–Crippen MR) is 125 cm³/mol. The molecular formula is C24H19ClN2O4S2. The molecule has 1 aliphatic carbocycles. The highest BCUT2D eigenvalue weighted by Crippen LogP contribution is 2.35. The third-order valence-electron chi connectivity index (χ3n) is 5.10. The molecule has 9 heteroatoms. The fourth-order valence-electron chi connectivity index (χ4n) is 3.38. The first kappa shape index (κ1) is 24.5. The van der Waals surface area contributed by atoms with E-state index in [2.05, 4.69) is 0 Å². The smallest absolute Gasteiger partial charge is 0.216 e. The van der Waals surface area contributed by atoms with E-state index in [9.17, 15) is 27.4 Å². The monoisotopic (exact) mass is 498 g/mol. The summed E-state index contributed by atoms with van der Waals surface area (Å²) in [5.41, 5.74) is 0.827. The van der Waals surface area contributed by atoms with E-state index in [-0.39, 0.29) is 14.8 Å². The topological polar surface area (TPSA) is 116 Å².